The molecule has 0 spiro atoms. The van der Waals surface area contributed by atoms with Gasteiger partial charge >= 0.3 is 0 Å². The molecule has 1 aromatic carbocycles. The predicted octanol–water partition coefficient (Wildman–Crippen LogP) is 1.47. The van der Waals surface area contributed by atoms with Crippen LogP contribution in [-0.2, 0) is 10.0 Å². The van der Waals surface area contributed by atoms with Crippen LogP contribution in [0.5, 0.6) is 5.88 Å². The van der Waals surface area contributed by atoms with Crippen molar-refractivity contribution < 1.29 is 18.3 Å². The first-order valence-corrected chi connectivity index (χ1v) is 9.46. The van der Waals surface area contributed by atoms with Gasteiger partial charge in [0.05, 0.1) is 11.0 Å². The fourth-order valence-electron chi connectivity index (χ4n) is 2.65. The maximum absolute atomic E-state index is 11.3. The number of hydrogen-bond acceptors (Lipinski definition) is 7. The van der Waals surface area contributed by atoms with Crippen LogP contribution in [0.1, 0.15) is 24.8 Å². The number of aliphatic hydroxyl groups excluding tert-OH is 1. The molecule has 1 fully saturated rings. The molecule has 9 heteroatoms. The van der Waals surface area contributed by atoms with Gasteiger partial charge in [-0.25, -0.2) is 18.5 Å². The van der Waals surface area contributed by atoms with E-state index in [4.69, 9.17) is 9.88 Å². The molecule has 134 valence electrons. The first kappa shape index (κ1) is 17.6. The molecule has 1 heterocycles. The summed E-state index contributed by atoms with van der Waals surface area (Å²) in [5, 5.41) is 18.0. The Bertz CT molecular complexity index is 855. The van der Waals surface area contributed by atoms with Crippen LogP contribution in [0.3, 0.4) is 0 Å². The Morgan fingerprint density at radius 3 is 2.60 bits per heavy atom. The van der Waals surface area contributed by atoms with Crippen LogP contribution in [0.2, 0.25) is 0 Å². The van der Waals surface area contributed by atoms with Crippen LogP contribution in [-0.4, -0.2) is 35.7 Å². The molecular formula is C16H20N4O4S. The number of rotatable bonds is 5. The summed E-state index contributed by atoms with van der Waals surface area (Å²) in [4.78, 5) is 8.56. The molecule has 25 heavy (non-hydrogen) atoms. The van der Waals surface area contributed by atoms with Crippen molar-refractivity contribution in [1.82, 2.24) is 9.97 Å². The lowest BCUT2D eigenvalue weighted by atomic mass is 10.2. The Labute approximate surface area is 146 Å². The van der Waals surface area contributed by atoms with Crippen molar-refractivity contribution >= 4 is 21.7 Å². The summed E-state index contributed by atoms with van der Waals surface area (Å²) < 4.78 is 28.4. The lowest BCUT2D eigenvalue weighted by Crippen LogP contribution is -2.26. The smallest absolute Gasteiger partial charge is 0.238 e. The molecule has 1 saturated carbocycles. The van der Waals surface area contributed by atoms with Gasteiger partial charge in [0.2, 0.25) is 21.9 Å². The lowest BCUT2D eigenvalue weighted by Gasteiger charge is -2.18. The molecule has 8 nitrogen and oxygen atoms in total. The number of sulfonamides is 1. The van der Waals surface area contributed by atoms with Gasteiger partial charge in [-0.3, -0.25) is 0 Å². The molecule has 0 bridgehead atoms. The lowest BCUT2D eigenvalue weighted by molar-refractivity contribution is 0.0569. The minimum atomic E-state index is -3.73. The number of benzene rings is 1. The minimum absolute atomic E-state index is 0.0297. The third kappa shape index (κ3) is 4.25. The number of primary sulfonamides is 1. The van der Waals surface area contributed by atoms with E-state index in [2.05, 4.69) is 15.3 Å². The molecule has 3 rings (SSSR count). The van der Waals surface area contributed by atoms with E-state index in [9.17, 15) is 13.5 Å². The Morgan fingerprint density at radius 1 is 1.28 bits per heavy atom. The molecule has 0 unspecified atom stereocenters. The van der Waals surface area contributed by atoms with E-state index in [0.717, 1.165) is 24.8 Å². The van der Waals surface area contributed by atoms with Gasteiger partial charge in [-0.05, 0) is 50.5 Å². The van der Waals surface area contributed by atoms with Gasteiger partial charge in [-0.1, -0.05) is 0 Å². The molecular weight excluding hydrogens is 344 g/mol. The van der Waals surface area contributed by atoms with Crippen LogP contribution >= 0.6 is 0 Å². The Balaban J connectivity index is 1.75. The van der Waals surface area contributed by atoms with E-state index in [-0.39, 0.29) is 11.0 Å². The molecule has 4 N–H and O–H groups in total. The number of aliphatic hydroxyl groups is 1. The first-order chi connectivity index (χ1) is 11.8. The highest BCUT2D eigenvalue weighted by Gasteiger charge is 2.27. The maximum Gasteiger partial charge on any atom is 0.238 e. The Kier molecular flexibility index (Phi) is 4.89. The Hall–Kier alpha value is -2.23. The minimum Gasteiger partial charge on any atom is -0.471 e. The summed E-state index contributed by atoms with van der Waals surface area (Å²) >= 11 is 0. The van der Waals surface area contributed by atoms with Crippen LogP contribution in [0.15, 0.2) is 35.4 Å². The molecule has 1 aliphatic rings. The van der Waals surface area contributed by atoms with Gasteiger partial charge in [0, 0.05) is 17.4 Å². The maximum atomic E-state index is 11.3. The van der Waals surface area contributed by atoms with E-state index in [0.29, 0.717) is 17.5 Å². The van der Waals surface area contributed by atoms with Crippen LogP contribution in [0.4, 0.5) is 11.6 Å². The van der Waals surface area contributed by atoms with E-state index in [1.807, 2.05) is 6.92 Å². The molecule has 0 aliphatic heterocycles. The quantitative estimate of drug-likeness (QED) is 0.733. The zero-order chi connectivity index (χ0) is 18.0. The van der Waals surface area contributed by atoms with Crippen LogP contribution < -0.4 is 15.2 Å². The Morgan fingerprint density at radius 2 is 2.00 bits per heavy atom. The fourth-order valence-corrected chi connectivity index (χ4v) is 3.17. The summed E-state index contributed by atoms with van der Waals surface area (Å²) in [5.41, 5.74) is 1.39. The topological polar surface area (TPSA) is 127 Å². The predicted molar refractivity (Wildman–Crippen MR) is 92.1 cm³/mol. The number of nitrogens with one attached hydrogen (secondary N) is 1. The fraction of sp³-hybridized carbons (Fsp3) is 0.375. The molecule has 1 aliphatic carbocycles. The third-order valence-electron chi connectivity index (χ3n) is 4.04. The number of nitrogens with two attached hydrogens (primary N) is 1. The zero-order valence-corrected chi connectivity index (χ0v) is 14.5. The first-order valence-electron chi connectivity index (χ1n) is 7.91. The van der Waals surface area contributed by atoms with Crippen molar-refractivity contribution in [2.45, 2.75) is 43.3 Å². The van der Waals surface area contributed by atoms with Crippen molar-refractivity contribution in [3.63, 3.8) is 0 Å². The second-order valence-electron chi connectivity index (χ2n) is 6.03. The van der Waals surface area contributed by atoms with E-state index in [1.165, 1.54) is 12.1 Å². The number of ether oxygens (including phenoxy) is 1. The normalized spacial score (nSPS) is 20.4. The van der Waals surface area contributed by atoms with Crippen molar-refractivity contribution in [2.24, 2.45) is 5.14 Å². The van der Waals surface area contributed by atoms with Crippen molar-refractivity contribution in [3.05, 3.63) is 36.0 Å². The van der Waals surface area contributed by atoms with E-state index in [1.54, 1.807) is 18.3 Å². The highest BCUT2D eigenvalue weighted by molar-refractivity contribution is 7.89. The standard InChI is InChI=1S/C16H20N4O4S/c1-10-9-18-16(20-15(10)24-14-4-2-3-13(14)21)19-11-5-7-12(8-6-11)25(17,22)23/h5-9,13-14,21H,2-4H2,1H3,(H2,17,22,23)(H,18,19,20)/t13-,14+/m1/s1. The average Bonchev–Trinajstić information content (AvgIpc) is 2.95. The van der Waals surface area contributed by atoms with Crippen LogP contribution in [0.25, 0.3) is 0 Å². The highest BCUT2D eigenvalue weighted by atomic mass is 32.2. The molecule has 1 aromatic heterocycles. The van der Waals surface area contributed by atoms with Gasteiger partial charge in [0.25, 0.3) is 0 Å². The highest BCUT2D eigenvalue weighted by Crippen LogP contribution is 2.26. The van der Waals surface area contributed by atoms with E-state index < -0.39 is 16.1 Å². The molecule has 0 amide bonds. The molecule has 2 aromatic rings. The third-order valence-corrected chi connectivity index (χ3v) is 4.97. The second-order valence-corrected chi connectivity index (χ2v) is 7.59. The monoisotopic (exact) mass is 364 g/mol. The van der Waals surface area contributed by atoms with Crippen molar-refractivity contribution in [1.29, 1.82) is 0 Å². The van der Waals surface area contributed by atoms with E-state index >= 15 is 0 Å². The van der Waals surface area contributed by atoms with Gasteiger partial charge in [0.1, 0.15) is 6.10 Å². The van der Waals surface area contributed by atoms with Crippen LogP contribution in [0, 0.1) is 6.92 Å². The second kappa shape index (κ2) is 6.95. The number of aromatic nitrogens is 2. The van der Waals surface area contributed by atoms with Gasteiger partial charge < -0.3 is 15.2 Å². The average molecular weight is 364 g/mol. The summed E-state index contributed by atoms with van der Waals surface area (Å²) in [7, 11) is -3.73. The number of aryl methyl sites for hydroxylation is 1. The SMILES string of the molecule is Cc1cnc(Nc2ccc(S(N)(=O)=O)cc2)nc1O[C@H]1CCC[C@H]1O. The van der Waals surface area contributed by atoms with Crippen molar-refractivity contribution in [2.75, 3.05) is 5.32 Å². The van der Waals surface area contributed by atoms with Gasteiger partial charge in [-0.2, -0.15) is 4.98 Å². The van der Waals surface area contributed by atoms with Gasteiger partial charge in [-0.15, -0.1) is 0 Å². The molecule has 0 radical (unpaired) electrons. The summed E-state index contributed by atoms with van der Waals surface area (Å²) in [6.45, 7) is 1.83. The summed E-state index contributed by atoms with van der Waals surface area (Å²) in [6.07, 6.45) is 3.35. The summed E-state index contributed by atoms with van der Waals surface area (Å²) in [5.74, 6) is 0.737. The number of nitrogens with zero attached hydrogens (tertiary/aromatic N) is 2. The summed E-state index contributed by atoms with van der Waals surface area (Å²) in [6, 6.07) is 5.95. The zero-order valence-electron chi connectivity index (χ0n) is 13.7. The largest absolute Gasteiger partial charge is 0.471 e. The van der Waals surface area contributed by atoms with Crippen molar-refractivity contribution in [3.8, 4) is 5.88 Å². The number of hydrogen-bond donors (Lipinski definition) is 3. The number of anilines is 2. The molecule has 2 atom stereocenters. The molecule has 0 saturated heterocycles. The van der Waals surface area contributed by atoms with Gasteiger partial charge in [0.15, 0.2) is 0 Å².